The number of methoxy groups -OCH3 is 1. The van der Waals surface area contributed by atoms with Crippen LogP contribution in [-0.2, 0) is 9.59 Å². The number of rotatable bonds is 3. The number of allylic oxidation sites excluding steroid dienone is 4. The molecule has 0 N–H and O–H groups in total. The van der Waals surface area contributed by atoms with Crippen molar-refractivity contribution in [1.29, 1.82) is 0 Å². The maximum atomic E-state index is 14.1. The molecule has 40 heavy (non-hydrogen) atoms. The minimum Gasteiger partial charge on any atom is -0.497 e. The number of tetrazole rings is 1. The summed E-state index contributed by atoms with van der Waals surface area (Å²) in [6.07, 6.45) is 2.77. The number of nitrogens with zero attached hydrogens (tertiary/aromatic N) is 5. The molecule has 7 rings (SSSR count). The quantitative estimate of drug-likeness (QED) is 0.332. The largest absolute Gasteiger partial charge is 0.497 e. The van der Waals surface area contributed by atoms with Gasteiger partial charge in [0.15, 0.2) is 17.2 Å². The van der Waals surface area contributed by atoms with E-state index < -0.39 is 5.92 Å². The zero-order valence-electron chi connectivity index (χ0n) is 22.6. The van der Waals surface area contributed by atoms with Crippen LogP contribution in [0.15, 0.2) is 71.1 Å². The normalized spacial score (nSPS) is 20.8. The van der Waals surface area contributed by atoms with Crippen LogP contribution in [0.5, 0.6) is 5.75 Å². The van der Waals surface area contributed by atoms with E-state index in [9.17, 15) is 14.0 Å². The van der Waals surface area contributed by atoms with E-state index in [0.29, 0.717) is 60.2 Å². The summed E-state index contributed by atoms with van der Waals surface area (Å²) in [5.41, 5.74) is 5.43. The van der Waals surface area contributed by atoms with Gasteiger partial charge in [0.25, 0.3) is 0 Å². The molecule has 8 nitrogen and oxygen atoms in total. The van der Waals surface area contributed by atoms with Gasteiger partial charge in [0, 0.05) is 57.9 Å². The van der Waals surface area contributed by atoms with Crippen molar-refractivity contribution in [3.63, 3.8) is 0 Å². The second-order valence-corrected chi connectivity index (χ2v) is 11.6. The lowest BCUT2D eigenvalue weighted by Gasteiger charge is -2.46. The lowest BCUT2D eigenvalue weighted by Crippen LogP contribution is -2.42. The summed E-state index contributed by atoms with van der Waals surface area (Å²) in [4.78, 5) is 30.0. The van der Waals surface area contributed by atoms with Crippen LogP contribution in [0.25, 0.3) is 16.6 Å². The number of hydrogen-bond donors (Lipinski definition) is 0. The predicted octanol–water partition coefficient (Wildman–Crippen LogP) is 5.68. The number of ether oxygens (including phenoxy) is 1. The number of benzene rings is 2. The van der Waals surface area contributed by atoms with Crippen molar-refractivity contribution >= 4 is 33.8 Å². The van der Waals surface area contributed by atoms with Crippen molar-refractivity contribution in [3.8, 4) is 5.75 Å². The summed E-state index contributed by atoms with van der Waals surface area (Å²) in [7, 11) is 1.61. The SMILES string of the molecule is COc1ccc2c(c1)cc(C1C3=C(CCCC3=O)N(c3ccc(F)cc3)C3=C1C(=O)CC(C)(C)C3)c1nnnn12. The van der Waals surface area contributed by atoms with Gasteiger partial charge in [-0.25, -0.2) is 4.39 Å². The van der Waals surface area contributed by atoms with Crippen molar-refractivity contribution in [3.05, 3.63) is 82.5 Å². The Morgan fingerprint density at radius 1 is 0.950 bits per heavy atom. The molecule has 3 aliphatic rings. The second kappa shape index (κ2) is 8.81. The number of ketones is 2. The molecule has 0 spiro atoms. The van der Waals surface area contributed by atoms with Crippen LogP contribution >= 0.6 is 0 Å². The van der Waals surface area contributed by atoms with Crippen molar-refractivity contribution in [2.24, 2.45) is 5.41 Å². The number of halogens is 1. The molecule has 9 heteroatoms. The van der Waals surface area contributed by atoms with E-state index in [0.717, 1.165) is 28.0 Å². The minimum absolute atomic E-state index is 0.00430. The molecule has 2 aromatic carbocycles. The van der Waals surface area contributed by atoms with Crippen LogP contribution in [0.4, 0.5) is 10.1 Å². The molecule has 2 aromatic heterocycles. The van der Waals surface area contributed by atoms with Crippen molar-refractivity contribution in [2.75, 3.05) is 12.0 Å². The van der Waals surface area contributed by atoms with Crippen LogP contribution in [0.1, 0.15) is 57.4 Å². The molecule has 0 bridgehead atoms. The highest BCUT2D eigenvalue weighted by Gasteiger charge is 2.47. The minimum atomic E-state index is -0.609. The Kier molecular flexibility index (Phi) is 5.42. The number of anilines is 1. The topological polar surface area (TPSA) is 89.7 Å². The summed E-state index contributed by atoms with van der Waals surface area (Å²) in [6, 6.07) is 13.9. The van der Waals surface area contributed by atoms with Crippen LogP contribution in [-0.4, -0.2) is 38.7 Å². The molecule has 1 unspecified atom stereocenters. The van der Waals surface area contributed by atoms with Crippen molar-refractivity contribution in [1.82, 2.24) is 20.0 Å². The lowest BCUT2D eigenvalue weighted by molar-refractivity contribution is -0.118. The van der Waals surface area contributed by atoms with Gasteiger partial charge >= 0.3 is 0 Å². The first kappa shape index (κ1) is 24.6. The maximum Gasteiger partial charge on any atom is 0.184 e. The van der Waals surface area contributed by atoms with Gasteiger partial charge in [0.05, 0.1) is 12.6 Å². The summed E-state index contributed by atoms with van der Waals surface area (Å²) in [6.45, 7) is 4.18. The summed E-state index contributed by atoms with van der Waals surface area (Å²) in [5.74, 6) is -0.248. The zero-order chi connectivity index (χ0) is 27.8. The van der Waals surface area contributed by atoms with Gasteiger partial charge in [0.1, 0.15) is 11.6 Å². The fourth-order valence-corrected chi connectivity index (χ4v) is 6.70. The van der Waals surface area contributed by atoms with Gasteiger partial charge in [-0.2, -0.15) is 4.52 Å². The molecule has 4 aromatic rings. The van der Waals surface area contributed by atoms with Crippen molar-refractivity contribution in [2.45, 2.75) is 51.9 Å². The zero-order valence-corrected chi connectivity index (χ0v) is 22.6. The monoisotopic (exact) mass is 537 g/mol. The van der Waals surface area contributed by atoms with Crippen molar-refractivity contribution < 1.29 is 18.7 Å². The molecular formula is C31H28FN5O3. The van der Waals surface area contributed by atoms with E-state index in [1.54, 1.807) is 23.8 Å². The molecule has 0 fully saturated rings. The Balaban J connectivity index is 1.56. The second-order valence-electron chi connectivity index (χ2n) is 11.6. The van der Waals surface area contributed by atoms with E-state index >= 15 is 0 Å². The average Bonchev–Trinajstić information content (AvgIpc) is 3.42. The number of carbonyl (C=O) groups is 2. The van der Waals surface area contributed by atoms with E-state index in [1.165, 1.54) is 12.1 Å². The Morgan fingerprint density at radius 3 is 2.50 bits per heavy atom. The molecule has 0 radical (unpaired) electrons. The van der Waals surface area contributed by atoms with E-state index in [-0.39, 0.29) is 22.8 Å². The smallest absolute Gasteiger partial charge is 0.184 e. The average molecular weight is 538 g/mol. The third-order valence-electron chi connectivity index (χ3n) is 8.34. The van der Waals surface area contributed by atoms with E-state index in [4.69, 9.17) is 4.74 Å². The van der Waals surface area contributed by atoms with Gasteiger partial charge in [-0.05, 0) is 83.6 Å². The van der Waals surface area contributed by atoms with Gasteiger partial charge in [-0.1, -0.05) is 13.8 Å². The molecule has 0 saturated heterocycles. The first-order chi connectivity index (χ1) is 19.3. The standard InChI is InChI=1S/C31H28FN5O3/c1-31(2)15-24-29(26(39)16-31)27(21-14-17-13-20(40-3)11-12-22(17)37-30(21)33-34-35-37)28-23(5-4-6-25(28)38)36(24)19-9-7-18(32)8-10-19/h7-14,27H,4-6,15-16H2,1-3H3. The Labute approximate surface area is 230 Å². The van der Waals surface area contributed by atoms with Gasteiger partial charge in [-0.15, -0.1) is 5.10 Å². The molecule has 1 atom stereocenters. The molecule has 2 aliphatic carbocycles. The number of pyridine rings is 1. The third kappa shape index (κ3) is 3.67. The first-order valence-corrected chi connectivity index (χ1v) is 13.5. The van der Waals surface area contributed by atoms with Crippen LogP contribution in [0.3, 0.4) is 0 Å². The number of fused-ring (bicyclic) bond motifs is 3. The van der Waals surface area contributed by atoms with Gasteiger partial charge in [-0.3, -0.25) is 9.59 Å². The summed E-state index contributed by atoms with van der Waals surface area (Å²) in [5, 5.41) is 13.5. The molecule has 0 saturated carbocycles. The van der Waals surface area contributed by atoms with E-state index in [1.807, 2.05) is 24.3 Å². The number of Topliss-reactive ketones (excluding diaryl/α,β-unsaturated/α-hetero) is 2. The van der Waals surface area contributed by atoms with Gasteiger partial charge in [0.2, 0.25) is 0 Å². The molecule has 1 aliphatic heterocycles. The highest BCUT2D eigenvalue weighted by Crippen LogP contribution is 2.54. The van der Waals surface area contributed by atoms with Crippen LogP contribution < -0.4 is 9.64 Å². The van der Waals surface area contributed by atoms with E-state index in [2.05, 4.69) is 34.3 Å². The first-order valence-electron chi connectivity index (χ1n) is 13.5. The Morgan fingerprint density at radius 2 is 1.73 bits per heavy atom. The number of aromatic nitrogens is 4. The fourth-order valence-electron chi connectivity index (χ4n) is 6.70. The molecule has 3 heterocycles. The lowest BCUT2D eigenvalue weighted by atomic mass is 9.66. The molecule has 202 valence electrons. The molecular weight excluding hydrogens is 509 g/mol. The Hall–Kier alpha value is -4.40. The number of carbonyl (C=O) groups excluding carboxylic acids is 2. The number of hydrogen-bond acceptors (Lipinski definition) is 7. The van der Waals surface area contributed by atoms with Crippen LogP contribution in [0.2, 0.25) is 0 Å². The highest BCUT2D eigenvalue weighted by molar-refractivity contribution is 6.08. The fraction of sp³-hybridized carbons (Fsp3) is 0.323. The van der Waals surface area contributed by atoms with Gasteiger partial charge < -0.3 is 9.64 Å². The third-order valence-corrected chi connectivity index (χ3v) is 8.34. The summed E-state index contributed by atoms with van der Waals surface area (Å²) < 4.78 is 21.1. The highest BCUT2D eigenvalue weighted by atomic mass is 19.1. The maximum absolute atomic E-state index is 14.1. The predicted molar refractivity (Wildman–Crippen MR) is 147 cm³/mol. The Bertz CT molecular complexity index is 1800. The van der Waals surface area contributed by atoms with Crippen LogP contribution in [0, 0.1) is 11.2 Å². The molecule has 0 amide bonds. The summed E-state index contributed by atoms with van der Waals surface area (Å²) >= 11 is 0.